The summed E-state index contributed by atoms with van der Waals surface area (Å²) in [5.41, 5.74) is 1.71. The molecule has 0 spiro atoms. The summed E-state index contributed by atoms with van der Waals surface area (Å²) in [6, 6.07) is 9.99. The molecule has 0 amide bonds. The first-order valence-corrected chi connectivity index (χ1v) is 6.70. The van der Waals surface area contributed by atoms with Crippen LogP contribution in [0.5, 0.6) is 0 Å². The summed E-state index contributed by atoms with van der Waals surface area (Å²) in [4.78, 5) is 6.94. The van der Waals surface area contributed by atoms with Gasteiger partial charge in [0.25, 0.3) is 0 Å². The van der Waals surface area contributed by atoms with Gasteiger partial charge in [-0.25, -0.2) is 0 Å². The van der Waals surface area contributed by atoms with Crippen molar-refractivity contribution in [3.8, 4) is 0 Å². The number of nitrogens with zero attached hydrogens (tertiary/aromatic N) is 1. The number of thiophene rings is 1. The van der Waals surface area contributed by atoms with Gasteiger partial charge in [-0.3, -0.25) is 4.98 Å². The van der Waals surface area contributed by atoms with E-state index in [0.717, 1.165) is 17.8 Å². The van der Waals surface area contributed by atoms with Gasteiger partial charge in [0.05, 0.1) is 5.69 Å². The molecule has 0 saturated heterocycles. The van der Waals surface area contributed by atoms with Crippen molar-refractivity contribution in [2.24, 2.45) is 0 Å². The van der Waals surface area contributed by atoms with Gasteiger partial charge in [-0.15, -0.1) is 11.3 Å². The Bertz CT molecular complexity index is 492. The minimum absolute atomic E-state index is 0.502. The summed E-state index contributed by atoms with van der Waals surface area (Å²) < 4.78 is 0. The molecule has 0 aliphatic heterocycles. The summed E-state index contributed by atoms with van der Waals surface area (Å²) in [6.07, 6.45) is 1.21. The first-order chi connectivity index (χ1) is 8.19. The Labute approximate surface area is 106 Å². The molecule has 1 N–H and O–H groups in total. The third kappa shape index (κ3) is 3.14. The zero-order valence-corrected chi connectivity index (χ0v) is 11.0. The van der Waals surface area contributed by atoms with Gasteiger partial charge in [0.1, 0.15) is 6.10 Å². The van der Waals surface area contributed by atoms with E-state index in [0.29, 0.717) is 6.42 Å². The molecule has 0 fully saturated rings. The molecule has 2 rings (SSSR count). The molecule has 0 bridgehead atoms. The highest BCUT2D eigenvalue weighted by Crippen LogP contribution is 2.23. The summed E-state index contributed by atoms with van der Waals surface area (Å²) in [5.74, 6) is 0. The van der Waals surface area contributed by atoms with Crippen LogP contribution in [0.4, 0.5) is 0 Å². The van der Waals surface area contributed by atoms with Gasteiger partial charge >= 0.3 is 0 Å². The smallest absolute Gasteiger partial charge is 0.101 e. The van der Waals surface area contributed by atoms with Crippen molar-refractivity contribution in [3.05, 3.63) is 51.5 Å². The SMILES string of the molecule is CCc1ccc(CC(O)c2cccc(C)n2)s1. The average Bonchev–Trinajstić information content (AvgIpc) is 2.77. The molecule has 17 heavy (non-hydrogen) atoms. The van der Waals surface area contributed by atoms with Crippen LogP contribution in [0.3, 0.4) is 0 Å². The van der Waals surface area contributed by atoms with Crippen LogP contribution in [0.25, 0.3) is 0 Å². The fourth-order valence-electron chi connectivity index (χ4n) is 1.77. The molecule has 1 atom stereocenters. The second kappa shape index (κ2) is 5.43. The van der Waals surface area contributed by atoms with Gasteiger partial charge in [0.2, 0.25) is 0 Å². The fraction of sp³-hybridized carbons (Fsp3) is 0.357. The van der Waals surface area contributed by atoms with E-state index in [1.165, 1.54) is 9.75 Å². The summed E-state index contributed by atoms with van der Waals surface area (Å²) in [5, 5.41) is 10.1. The number of aryl methyl sites for hydroxylation is 2. The summed E-state index contributed by atoms with van der Waals surface area (Å²) in [6.45, 7) is 4.09. The second-order valence-electron chi connectivity index (χ2n) is 4.15. The maximum Gasteiger partial charge on any atom is 0.101 e. The van der Waals surface area contributed by atoms with E-state index < -0.39 is 6.10 Å². The van der Waals surface area contributed by atoms with Crippen molar-refractivity contribution >= 4 is 11.3 Å². The van der Waals surface area contributed by atoms with Crippen LogP contribution in [0.2, 0.25) is 0 Å². The predicted octanol–water partition coefficient (Wildman–Crippen LogP) is 3.29. The normalized spacial score (nSPS) is 12.6. The molecule has 0 radical (unpaired) electrons. The van der Waals surface area contributed by atoms with Gasteiger partial charge < -0.3 is 5.11 Å². The largest absolute Gasteiger partial charge is 0.386 e. The fourth-order valence-corrected chi connectivity index (χ4v) is 2.76. The number of hydrogen-bond donors (Lipinski definition) is 1. The lowest BCUT2D eigenvalue weighted by molar-refractivity contribution is 0.174. The van der Waals surface area contributed by atoms with E-state index in [9.17, 15) is 5.11 Å². The molecule has 90 valence electrons. The number of aliphatic hydroxyl groups excluding tert-OH is 1. The van der Waals surface area contributed by atoms with Gasteiger partial charge in [-0.2, -0.15) is 0 Å². The van der Waals surface area contributed by atoms with Crippen LogP contribution >= 0.6 is 11.3 Å². The van der Waals surface area contributed by atoms with Crippen LogP contribution in [0.15, 0.2) is 30.3 Å². The molecular formula is C14H17NOS. The molecule has 3 heteroatoms. The lowest BCUT2D eigenvalue weighted by Gasteiger charge is -2.09. The zero-order chi connectivity index (χ0) is 12.3. The van der Waals surface area contributed by atoms with Crippen molar-refractivity contribution < 1.29 is 5.11 Å². The van der Waals surface area contributed by atoms with Crippen molar-refractivity contribution in [2.75, 3.05) is 0 Å². The number of aliphatic hydroxyl groups is 1. The van der Waals surface area contributed by atoms with Gasteiger partial charge in [-0.05, 0) is 37.6 Å². The molecule has 0 saturated carbocycles. The van der Waals surface area contributed by atoms with Gasteiger partial charge in [-0.1, -0.05) is 13.0 Å². The van der Waals surface area contributed by atoms with Crippen molar-refractivity contribution in [1.82, 2.24) is 4.98 Å². The molecule has 1 unspecified atom stereocenters. The van der Waals surface area contributed by atoms with Gasteiger partial charge in [0.15, 0.2) is 0 Å². The zero-order valence-electron chi connectivity index (χ0n) is 10.2. The van der Waals surface area contributed by atoms with Crippen molar-refractivity contribution in [2.45, 2.75) is 32.8 Å². The molecule has 2 heterocycles. The van der Waals surface area contributed by atoms with Crippen molar-refractivity contribution in [1.29, 1.82) is 0 Å². The topological polar surface area (TPSA) is 33.1 Å². The Balaban J connectivity index is 2.08. The minimum Gasteiger partial charge on any atom is -0.386 e. The molecule has 2 nitrogen and oxygen atoms in total. The predicted molar refractivity (Wildman–Crippen MR) is 71.3 cm³/mol. The molecule has 0 aliphatic rings. The number of rotatable bonds is 4. The molecule has 0 aliphatic carbocycles. The van der Waals surface area contributed by atoms with Crippen LogP contribution in [-0.4, -0.2) is 10.1 Å². The van der Waals surface area contributed by atoms with Crippen LogP contribution in [0, 0.1) is 6.92 Å². The van der Waals surface area contributed by atoms with E-state index in [1.807, 2.05) is 25.1 Å². The Morgan fingerprint density at radius 2 is 2.00 bits per heavy atom. The Morgan fingerprint density at radius 1 is 1.24 bits per heavy atom. The lowest BCUT2D eigenvalue weighted by atomic mass is 10.1. The highest BCUT2D eigenvalue weighted by molar-refractivity contribution is 7.11. The Hall–Kier alpha value is -1.19. The maximum absolute atomic E-state index is 10.1. The minimum atomic E-state index is -0.502. The third-order valence-corrected chi connectivity index (χ3v) is 3.96. The third-order valence-electron chi connectivity index (χ3n) is 2.71. The molecule has 2 aromatic heterocycles. The number of hydrogen-bond acceptors (Lipinski definition) is 3. The van der Waals surface area contributed by atoms with E-state index in [1.54, 1.807) is 11.3 Å². The highest BCUT2D eigenvalue weighted by atomic mass is 32.1. The van der Waals surface area contributed by atoms with E-state index in [4.69, 9.17) is 0 Å². The Morgan fingerprint density at radius 3 is 2.65 bits per heavy atom. The van der Waals surface area contributed by atoms with Crippen LogP contribution in [-0.2, 0) is 12.8 Å². The van der Waals surface area contributed by atoms with E-state index >= 15 is 0 Å². The quantitative estimate of drug-likeness (QED) is 0.899. The van der Waals surface area contributed by atoms with Gasteiger partial charge in [0, 0.05) is 21.9 Å². The monoisotopic (exact) mass is 247 g/mol. The summed E-state index contributed by atoms with van der Waals surface area (Å²) in [7, 11) is 0. The van der Waals surface area contributed by atoms with E-state index in [2.05, 4.69) is 24.0 Å². The molecule has 2 aromatic rings. The molecular weight excluding hydrogens is 230 g/mol. The maximum atomic E-state index is 10.1. The Kier molecular flexibility index (Phi) is 3.92. The van der Waals surface area contributed by atoms with Crippen molar-refractivity contribution in [3.63, 3.8) is 0 Å². The average molecular weight is 247 g/mol. The second-order valence-corrected chi connectivity index (χ2v) is 5.40. The van der Waals surface area contributed by atoms with Crippen LogP contribution < -0.4 is 0 Å². The van der Waals surface area contributed by atoms with Crippen LogP contribution in [0.1, 0.15) is 34.2 Å². The highest BCUT2D eigenvalue weighted by Gasteiger charge is 2.11. The number of aromatic nitrogens is 1. The first-order valence-electron chi connectivity index (χ1n) is 5.88. The summed E-state index contributed by atoms with van der Waals surface area (Å²) >= 11 is 1.77. The van der Waals surface area contributed by atoms with E-state index in [-0.39, 0.29) is 0 Å². The lowest BCUT2D eigenvalue weighted by Crippen LogP contribution is -2.03. The number of pyridine rings is 1. The standard InChI is InChI=1S/C14H17NOS/c1-3-11-7-8-12(17-11)9-14(16)13-6-4-5-10(2)15-13/h4-8,14,16H,3,9H2,1-2H3. The molecule has 0 aromatic carbocycles. The first kappa shape index (κ1) is 12.3.